The smallest absolute Gasteiger partial charge is 0.148 e. The zero-order valence-corrected chi connectivity index (χ0v) is 15.4. The summed E-state index contributed by atoms with van der Waals surface area (Å²) in [6.07, 6.45) is 4.74. The van der Waals surface area contributed by atoms with Crippen LogP contribution >= 0.6 is 0 Å². The third-order valence-corrected chi connectivity index (χ3v) is 5.90. The molecule has 0 radical (unpaired) electrons. The van der Waals surface area contributed by atoms with E-state index in [-0.39, 0.29) is 5.54 Å². The van der Waals surface area contributed by atoms with Gasteiger partial charge in [0.25, 0.3) is 0 Å². The van der Waals surface area contributed by atoms with Gasteiger partial charge in [-0.15, -0.1) is 0 Å². The van der Waals surface area contributed by atoms with Gasteiger partial charge in [0.15, 0.2) is 0 Å². The lowest BCUT2D eigenvalue weighted by atomic mass is 9.78. The molecule has 5 nitrogen and oxygen atoms in total. The fourth-order valence-corrected chi connectivity index (χ4v) is 4.12. The second kappa shape index (κ2) is 5.81. The van der Waals surface area contributed by atoms with Crippen molar-refractivity contribution < 1.29 is 0 Å². The molecule has 0 bridgehead atoms. The Balaban J connectivity index is 1.62. The van der Waals surface area contributed by atoms with Gasteiger partial charge >= 0.3 is 0 Å². The summed E-state index contributed by atoms with van der Waals surface area (Å²) in [7, 11) is 0. The van der Waals surface area contributed by atoms with E-state index in [1.165, 1.54) is 30.5 Å². The number of hydrogen-bond acceptors (Lipinski definition) is 4. The molecule has 0 unspecified atom stereocenters. The Bertz CT molecular complexity index is 960. The highest BCUT2D eigenvalue weighted by Gasteiger charge is 2.32. The number of benzene rings is 1. The standard InChI is InChI=1S/C21H25N5/c1-13-20(26-21(2)8-4-9-21)25-19-15(5-3-6-17(19)23-13)18-11-14-12-22-10-7-16(14)24-18/h3,5-6,11,22,24H,4,7-10,12H2,1-2H3,(H,25,26). The lowest BCUT2D eigenvalue weighted by Crippen LogP contribution is -2.42. The molecule has 2 aliphatic rings. The molecule has 1 aromatic carbocycles. The fraction of sp³-hybridized carbons (Fsp3) is 0.429. The van der Waals surface area contributed by atoms with Gasteiger partial charge in [-0.2, -0.15) is 0 Å². The molecule has 3 heterocycles. The maximum Gasteiger partial charge on any atom is 0.148 e. The molecule has 26 heavy (non-hydrogen) atoms. The number of hydrogen-bond donors (Lipinski definition) is 3. The summed E-state index contributed by atoms with van der Waals surface area (Å²) in [4.78, 5) is 13.5. The number of rotatable bonds is 3. The van der Waals surface area contributed by atoms with Crippen molar-refractivity contribution >= 4 is 16.9 Å². The van der Waals surface area contributed by atoms with Crippen molar-refractivity contribution in [1.29, 1.82) is 0 Å². The van der Waals surface area contributed by atoms with E-state index in [0.29, 0.717) is 0 Å². The Morgan fingerprint density at radius 3 is 2.85 bits per heavy atom. The topological polar surface area (TPSA) is 65.6 Å². The number of aromatic amines is 1. The summed E-state index contributed by atoms with van der Waals surface area (Å²) in [6, 6.07) is 8.53. The molecule has 5 rings (SSSR count). The third-order valence-electron chi connectivity index (χ3n) is 5.90. The highest BCUT2D eigenvalue weighted by atomic mass is 15.1. The highest BCUT2D eigenvalue weighted by molar-refractivity contribution is 5.91. The summed E-state index contributed by atoms with van der Waals surface area (Å²) in [5, 5.41) is 7.09. The van der Waals surface area contributed by atoms with Crippen LogP contribution in [0.4, 0.5) is 5.82 Å². The van der Waals surface area contributed by atoms with Crippen LogP contribution in [0.25, 0.3) is 22.3 Å². The zero-order valence-electron chi connectivity index (χ0n) is 15.4. The van der Waals surface area contributed by atoms with Gasteiger partial charge in [0.2, 0.25) is 0 Å². The number of aryl methyl sites for hydroxylation is 1. The largest absolute Gasteiger partial charge is 0.363 e. The van der Waals surface area contributed by atoms with Crippen molar-refractivity contribution in [2.45, 2.75) is 51.6 Å². The van der Waals surface area contributed by atoms with Crippen LogP contribution in [0.1, 0.15) is 43.1 Å². The molecule has 1 fully saturated rings. The maximum atomic E-state index is 5.02. The van der Waals surface area contributed by atoms with Crippen molar-refractivity contribution in [3.8, 4) is 11.3 Å². The lowest BCUT2D eigenvalue weighted by Gasteiger charge is -2.39. The first-order valence-electron chi connectivity index (χ1n) is 9.59. The normalized spacial score (nSPS) is 18.4. The predicted octanol–water partition coefficient (Wildman–Crippen LogP) is 3.93. The van der Waals surface area contributed by atoms with Crippen molar-refractivity contribution in [1.82, 2.24) is 20.3 Å². The van der Waals surface area contributed by atoms with Crippen LogP contribution < -0.4 is 10.6 Å². The first kappa shape index (κ1) is 15.8. The Hall–Kier alpha value is -2.40. The second-order valence-corrected chi connectivity index (χ2v) is 7.98. The van der Waals surface area contributed by atoms with E-state index in [1.807, 2.05) is 6.92 Å². The minimum atomic E-state index is 0.166. The molecule has 1 saturated carbocycles. The summed E-state index contributed by atoms with van der Waals surface area (Å²) in [5.41, 5.74) is 8.04. The molecule has 2 aromatic heterocycles. The predicted molar refractivity (Wildman–Crippen MR) is 105 cm³/mol. The lowest BCUT2D eigenvalue weighted by molar-refractivity contribution is 0.305. The van der Waals surface area contributed by atoms with Gasteiger partial charge in [0.05, 0.1) is 11.2 Å². The molecular formula is C21H25N5. The van der Waals surface area contributed by atoms with E-state index >= 15 is 0 Å². The minimum Gasteiger partial charge on any atom is -0.363 e. The average molecular weight is 347 g/mol. The highest BCUT2D eigenvalue weighted by Crippen LogP contribution is 2.36. The van der Waals surface area contributed by atoms with Gasteiger partial charge in [0.1, 0.15) is 11.3 Å². The summed E-state index contributed by atoms with van der Waals surface area (Å²) in [5.74, 6) is 0.921. The van der Waals surface area contributed by atoms with Crippen LogP contribution in [0.2, 0.25) is 0 Å². The number of para-hydroxylation sites is 1. The van der Waals surface area contributed by atoms with Gasteiger partial charge in [-0.1, -0.05) is 12.1 Å². The molecule has 134 valence electrons. The van der Waals surface area contributed by atoms with Gasteiger partial charge in [-0.05, 0) is 50.8 Å². The van der Waals surface area contributed by atoms with E-state index in [2.05, 4.69) is 46.8 Å². The number of nitrogens with one attached hydrogen (secondary N) is 3. The van der Waals surface area contributed by atoms with Crippen molar-refractivity contribution in [3.63, 3.8) is 0 Å². The minimum absolute atomic E-state index is 0.166. The van der Waals surface area contributed by atoms with E-state index in [4.69, 9.17) is 9.97 Å². The molecule has 1 aliphatic carbocycles. The molecule has 1 aliphatic heterocycles. The van der Waals surface area contributed by atoms with Crippen molar-refractivity contribution in [3.05, 3.63) is 41.2 Å². The van der Waals surface area contributed by atoms with E-state index in [1.54, 1.807) is 0 Å². The van der Waals surface area contributed by atoms with E-state index < -0.39 is 0 Å². The number of nitrogens with zero attached hydrogens (tertiary/aromatic N) is 2. The molecule has 3 N–H and O–H groups in total. The SMILES string of the molecule is Cc1nc2cccc(-c3cc4c([nH]3)CCNC4)c2nc1NC1(C)CCC1. The summed E-state index contributed by atoms with van der Waals surface area (Å²) < 4.78 is 0. The quantitative estimate of drug-likeness (QED) is 0.671. The van der Waals surface area contributed by atoms with Crippen LogP contribution in [0.15, 0.2) is 24.3 Å². The first-order valence-corrected chi connectivity index (χ1v) is 9.59. The molecular weight excluding hydrogens is 322 g/mol. The van der Waals surface area contributed by atoms with Crippen LogP contribution in [0.5, 0.6) is 0 Å². The molecule has 0 atom stereocenters. The number of aromatic nitrogens is 3. The second-order valence-electron chi connectivity index (χ2n) is 7.98. The fourth-order valence-electron chi connectivity index (χ4n) is 4.12. The average Bonchev–Trinajstić information content (AvgIpc) is 3.04. The number of anilines is 1. The zero-order chi connectivity index (χ0) is 17.7. The van der Waals surface area contributed by atoms with Gasteiger partial charge in [-0.25, -0.2) is 9.97 Å². The summed E-state index contributed by atoms with van der Waals surface area (Å²) in [6.45, 7) is 6.29. The Morgan fingerprint density at radius 1 is 1.19 bits per heavy atom. The Morgan fingerprint density at radius 2 is 2.08 bits per heavy atom. The molecule has 5 heteroatoms. The van der Waals surface area contributed by atoms with Crippen LogP contribution in [-0.4, -0.2) is 27.0 Å². The number of H-pyrrole nitrogens is 1. The summed E-state index contributed by atoms with van der Waals surface area (Å²) >= 11 is 0. The monoisotopic (exact) mass is 347 g/mol. The van der Waals surface area contributed by atoms with Crippen molar-refractivity contribution in [2.24, 2.45) is 0 Å². The van der Waals surface area contributed by atoms with Crippen LogP contribution in [0.3, 0.4) is 0 Å². The third kappa shape index (κ3) is 2.58. The molecule has 0 spiro atoms. The van der Waals surface area contributed by atoms with Gasteiger partial charge < -0.3 is 15.6 Å². The molecule has 3 aromatic rings. The number of fused-ring (bicyclic) bond motifs is 2. The van der Waals surface area contributed by atoms with E-state index in [9.17, 15) is 0 Å². The van der Waals surface area contributed by atoms with Gasteiger partial charge in [0, 0.05) is 42.0 Å². The van der Waals surface area contributed by atoms with Crippen LogP contribution in [0, 0.1) is 6.92 Å². The van der Waals surface area contributed by atoms with Crippen LogP contribution in [-0.2, 0) is 13.0 Å². The molecule has 0 saturated heterocycles. The van der Waals surface area contributed by atoms with E-state index in [0.717, 1.165) is 53.3 Å². The van der Waals surface area contributed by atoms with Gasteiger partial charge in [-0.3, -0.25) is 0 Å². The molecule has 0 amide bonds. The Labute approximate surface area is 153 Å². The first-order chi connectivity index (χ1) is 12.6. The maximum absolute atomic E-state index is 5.02. The van der Waals surface area contributed by atoms with Crippen molar-refractivity contribution in [2.75, 3.05) is 11.9 Å². The Kier molecular flexibility index (Phi) is 3.54.